The highest BCUT2D eigenvalue weighted by Gasteiger charge is 2.25. The summed E-state index contributed by atoms with van der Waals surface area (Å²) in [5.74, 6) is 2.40. The van der Waals surface area contributed by atoms with E-state index in [1.54, 1.807) is 0 Å². The van der Waals surface area contributed by atoms with Gasteiger partial charge in [-0.25, -0.2) is 0 Å². The third-order valence-corrected chi connectivity index (χ3v) is 6.24. The van der Waals surface area contributed by atoms with Gasteiger partial charge in [0.1, 0.15) is 0 Å². The molecule has 0 spiro atoms. The van der Waals surface area contributed by atoms with Gasteiger partial charge in [-0.05, 0) is 54.5 Å². The SMILES string of the molecule is NCC(Cc1ccccc1Br)CC1CSc2ccccc21. The van der Waals surface area contributed by atoms with Gasteiger partial charge in [-0.1, -0.05) is 52.3 Å². The standard InChI is InChI=1S/C18H20BrNS/c19-17-7-3-1-5-14(17)9-13(11-20)10-15-12-21-18-8-4-2-6-16(15)18/h1-8,13,15H,9-12,20H2. The lowest BCUT2D eigenvalue weighted by Crippen LogP contribution is -2.20. The molecule has 2 aromatic rings. The van der Waals surface area contributed by atoms with E-state index >= 15 is 0 Å². The van der Waals surface area contributed by atoms with Gasteiger partial charge < -0.3 is 5.73 Å². The molecule has 1 heterocycles. The molecule has 110 valence electrons. The van der Waals surface area contributed by atoms with E-state index in [4.69, 9.17) is 5.73 Å². The normalized spacial score (nSPS) is 18.5. The van der Waals surface area contributed by atoms with Crippen LogP contribution in [0.15, 0.2) is 57.9 Å². The highest BCUT2D eigenvalue weighted by atomic mass is 79.9. The minimum Gasteiger partial charge on any atom is -0.330 e. The maximum Gasteiger partial charge on any atom is 0.0207 e. The molecule has 0 saturated carbocycles. The lowest BCUT2D eigenvalue weighted by atomic mass is 9.87. The molecule has 0 fully saturated rings. The number of fused-ring (bicyclic) bond motifs is 1. The molecule has 1 nitrogen and oxygen atoms in total. The number of thioether (sulfide) groups is 1. The van der Waals surface area contributed by atoms with Crippen LogP contribution in [-0.4, -0.2) is 12.3 Å². The largest absolute Gasteiger partial charge is 0.330 e. The van der Waals surface area contributed by atoms with E-state index in [2.05, 4.69) is 64.5 Å². The van der Waals surface area contributed by atoms with Crippen LogP contribution in [0.1, 0.15) is 23.5 Å². The number of nitrogens with two attached hydrogens (primary N) is 1. The molecule has 0 radical (unpaired) electrons. The number of halogens is 1. The van der Waals surface area contributed by atoms with Crippen LogP contribution in [0.25, 0.3) is 0 Å². The summed E-state index contributed by atoms with van der Waals surface area (Å²) >= 11 is 5.64. The Labute approximate surface area is 139 Å². The summed E-state index contributed by atoms with van der Waals surface area (Å²) < 4.78 is 1.20. The fourth-order valence-corrected chi connectivity index (χ4v) is 4.78. The van der Waals surface area contributed by atoms with Crippen molar-refractivity contribution < 1.29 is 0 Å². The first-order valence-corrected chi connectivity index (χ1v) is 9.21. The van der Waals surface area contributed by atoms with Gasteiger partial charge in [0.2, 0.25) is 0 Å². The van der Waals surface area contributed by atoms with Crippen molar-refractivity contribution in [2.45, 2.75) is 23.7 Å². The van der Waals surface area contributed by atoms with Gasteiger partial charge in [0.05, 0.1) is 0 Å². The van der Waals surface area contributed by atoms with Gasteiger partial charge in [-0.2, -0.15) is 0 Å². The predicted molar refractivity (Wildman–Crippen MR) is 94.9 cm³/mol. The van der Waals surface area contributed by atoms with Crippen molar-refractivity contribution in [2.24, 2.45) is 11.7 Å². The molecule has 0 aromatic heterocycles. The molecule has 1 aliphatic heterocycles. The van der Waals surface area contributed by atoms with E-state index in [0.717, 1.165) is 13.0 Å². The lowest BCUT2D eigenvalue weighted by molar-refractivity contribution is 0.457. The minimum atomic E-state index is 0.542. The highest BCUT2D eigenvalue weighted by Crippen LogP contribution is 2.42. The number of hydrogen-bond donors (Lipinski definition) is 1. The monoisotopic (exact) mass is 361 g/mol. The Balaban J connectivity index is 1.70. The Bertz CT molecular complexity index is 614. The maximum absolute atomic E-state index is 6.05. The van der Waals surface area contributed by atoms with E-state index in [9.17, 15) is 0 Å². The van der Waals surface area contributed by atoms with E-state index in [-0.39, 0.29) is 0 Å². The first kappa shape index (κ1) is 15.1. The molecular formula is C18H20BrNS. The quantitative estimate of drug-likeness (QED) is 0.823. The zero-order chi connectivity index (χ0) is 14.7. The molecule has 2 atom stereocenters. The third kappa shape index (κ3) is 3.53. The summed E-state index contributed by atoms with van der Waals surface area (Å²) in [6.45, 7) is 0.755. The smallest absolute Gasteiger partial charge is 0.0207 e. The van der Waals surface area contributed by atoms with Crippen LogP contribution in [-0.2, 0) is 6.42 Å². The van der Waals surface area contributed by atoms with Crippen molar-refractivity contribution in [1.82, 2.24) is 0 Å². The van der Waals surface area contributed by atoms with Crippen LogP contribution in [0.5, 0.6) is 0 Å². The Kier molecular flexibility index (Phi) is 5.04. The first-order valence-electron chi connectivity index (χ1n) is 7.43. The van der Waals surface area contributed by atoms with Crippen molar-refractivity contribution in [3.05, 3.63) is 64.1 Å². The molecule has 3 heteroatoms. The second-order valence-electron chi connectivity index (χ2n) is 5.68. The second kappa shape index (κ2) is 6.99. The molecule has 21 heavy (non-hydrogen) atoms. The van der Waals surface area contributed by atoms with E-state index in [1.165, 1.54) is 32.7 Å². The Morgan fingerprint density at radius 2 is 1.90 bits per heavy atom. The van der Waals surface area contributed by atoms with Crippen molar-refractivity contribution in [3.63, 3.8) is 0 Å². The zero-order valence-corrected chi connectivity index (χ0v) is 14.4. The molecule has 0 aliphatic carbocycles. The van der Waals surface area contributed by atoms with Gasteiger partial charge in [0.15, 0.2) is 0 Å². The van der Waals surface area contributed by atoms with Crippen molar-refractivity contribution >= 4 is 27.7 Å². The molecule has 0 bridgehead atoms. The topological polar surface area (TPSA) is 26.0 Å². The van der Waals surface area contributed by atoms with Crippen LogP contribution in [0, 0.1) is 5.92 Å². The minimum absolute atomic E-state index is 0.542. The summed E-state index contributed by atoms with van der Waals surface area (Å²) in [5.41, 5.74) is 8.94. The summed E-state index contributed by atoms with van der Waals surface area (Å²) in [4.78, 5) is 1.46. The molecule has 2 N–H and O–H groups in total. The Morgan fingerprint density at radius 1 is 1.14 bits per heavy atom. The Hall–Kier alpha value is -0.770. The summed E-state index contributed by atoms with van der Waals surface area (Å²) in [7, 11) is 0. The highest BCUT2D eigenvalue weighted by molar-refractivity contribution is 9.10. The van der Waals surface area contributed by atoms with E-state index < -0.39 is 0 Å². The summed E-state index contributed by atoms with van der Waals surface area (Å²) in [5, 5.41) is 0. The van der Waals surface area contributed by atoms with E-state index in [1.807, 2.05) is 11.8 Å². The molecule has 2 aromatic carbocycles. The average Bonchev–Trinajstić information content (AvgIpc) is 2.92. The van der Waals surface area contributed by atoms with Gasteiger partial charge >= 0.3 is 0 Å². The van der Waals surface area contributed by atoms with E-state index in [0.29, 0.717) is 11.8 Å². The molecule has 3 rings (SSSR count). The van der Waals surface area contributed by atoms with Gasteiger partial charge in [-0.3, -0.25) is 0 Å². The molecule has 0 saturated heterocycles. The predicted octanol–water partition coefficient (Wildman–Crippen LogP) is 4.85. The van der Waals surface area contributed by atoms with Crippen molar-refractivity contribution in [1.29, 1.82) is 0 Å². The van der Waals surface area contributed by atoms with Crippen molar-refractivity contribution in [2.75, 3.05) is 12.3 Å². The molecule has 1 aliphatic rings. The summed E-state index contributed by atoms with van der Waals surface area (Å²) in [6.07, 6.45) is 2.24. The first-order chi connectivity index (χ1) is 10.3. The van der Waals surface area contributed by atoms with Crippen LogP contribution in [0.4, 0.5) is 0 Å². The van der Waals surface area contributed by atoms with Gasteiger partial charge in [0.25, 0.3) is 0 Å². The fourth-order valence-electron chi connectivity index (χ4n) is 3.06. The number of rotatable bonds is 5. The summed E-state index contributed by atoms with van der Waals surface area (Å²) in [6, 6.07) is 17.3. The zero-order valence-electron chi connectivity index (χ0n) is 12.0. The lowest BCUT2D eigenvalue weighted by Gasteiger charge is -2.20. The molecule has 2 unspecified atom stereocenters. The average molecular weight is 362 g/mol. The number of benzene rings is 2. The van der Waals surface area contributed by atoms with Crippen LogP contribution < -0.4 is 5.73 Å². The van der Waals surface area contributed by atoms with Gasteiger partial charge in [-0.15, -0.1) is 11.8 Å². The maximum atomic E-state index is 6.05. The van der Waals surface area contributed by atoms with Crippen LogP contribution in [0.3, 0.4) is 0 Å². The fraction of sp³-hybridized carbons (Fsp3) is 0.333. The molecular weight excluding hydrogens is 342 g/mol. The van der Waals surface area contributed by atoms with Crippen LogP contribution >= 0.6 is 27.7 Å². The Morgan fingerprint density at radius 3 is 2.71 bits per heavy atom. The molecule has 0 amide bonds. The second-order valence-corrected chi connectivity index (χ2v) is 7.59. The number of hydrogen-bond acceptors (Lipinski definition) is 2. The van der Waals surface area contributed by atoms with Gasteiger partial charge in [0, 0.05) is 15.1 Å². The third-order valence-electron chi connectivity index (χ3n) is 4.22. The van der Waals surface area contributed by atoms with Crippen molar-refractivity contribution in [3.8, 4) is 0 Å². The van der Waals surface area contributed by atoms with Crippen LogP contribution in [0.2, 0.25) is 0 Å².